The van der Waals surface area contributed by atoms with Crippen molar-refractivity contribution in [1.82, 2.24) is 0 Å². The summed E-state index contributed by atoms with van der Waals surface area (Å²) in [6, 6.07) is 16.3. The molecule has 1 atom stereocenters. The molecule has 0 fully saturated rings. The monoisotopic (exact) mass is 226 g/mol. The van der Waals surface area contributed by atoms with Gasteiger partial charge in [0.25, 0.3) is 0 Å². The largest absolute Gasteiger partial charge is 0.508 e. The van der Waals surface area contributed by atoms with Crippen molar-refractivity contribution in [1.29, 1.82) is 0 Å². The lowest BCUT2D eigenvalue weighted by molar-refractivity contribution is 0.229. The molecule has 2 rings (SSSR count). The highest BCUT2D eigenvalue weighted by molar-refractivity contribution is 5.51. The second-order valence-corrected chi connectivity index (χ2v) is 3.81. The third-order valence-corrected chi connectivity index (χ3v) is 2.51. The molecule has 0 saturated heterocycles. The second-order valence-electron chi connectivity index (χ2n) is 3.81. The van der Waals surface area contributed by atoms with Gasteiger partial charge in [-0.1, -0.05) is 54.6 Å². The molecule has 0 heterocycles. The number of phenolic OH excluding ortho intramolecular Hbond substituents is 1. The summed E-state index contributed by atoms with van der Waals surface area (Å²) < 4.78 is 0. The fraction of sp³-hybridized carbons (Fsp3) is 0.0667. The zero-order valence-corrected chi connectivity index (χ0v) is 9.32. The highest BCUT2D eigenvalue weighted by Crippen LogP contribution is 2.16. The molecule has 0 spiro atoms. The first-order valence-corrected chi connectivity index (χ1v) is 5.46. The minimum Gasteiger partial charge on any atom is -0.508 e. The number of hydrogen-bond acceptors (Lipinski definition) is 2. The van der Waals surface area contributed by atoms with Gasteiger partial charge in [0, 0.05) is 0 Å². The number of rotatable bonds is 3. The summed E-state index contributed by atoms with van der Waals surface area (Å²) in [6.45, 7) is 0. The van der Waals surface area contributed by atoms with Crippen LogP contribution < -0.4 is 0 Å². The molecule has 0 aromatic heterocycles. The molecular formula is C15H14O2. The molecule has 2 nitrogen and oxygen atoms in total. The van der Waals surface area contributed by atoms with E-state index in [0.717, 1.165) is 11.1 Å². The highest BCUT2D eigenvalue weighted by atomic mass is 16.3. The van der Waals surface area contributed by atoms with Gasteiger partial charge in [-0.2, -0.15) is 0 Å². The zero-order valence-electron chi connectivity index (χ0n) is 9.32. The minimum atomic E-state index is -0.606. The van der Waals surface area contributed by atoms with E-state index in [4.69, 9.17) is 5.11 Å². The Balaban J connectivity index is 2.08. The molecule has 2 heteroatoms. The SMILES string of the molecule is Oc1ccc(C=CC(O)c2ccccc2)cc1. The molecule has 0 amide bonds. The topological polar surface area (TPSA) is 40.5 Å². The predicted molar refractivity (Wildman–Crippen MR) is 68.5 cm³/mol. The van der Waals surface area contributed by atoms with Crippen LogP contribution in [0.1, 0.15) is 17.2 Å². The fourth-order valence-corrected chi connectivity index (χ4v) is 1.55. The van der Waals surface area contributed by atoms with Crippen LogP contribution in [-0.4, -0.2) is 10.2 Å². The molecular weight excluding hydrogens is 212 g/mol. The van der Waals surface area contributed by atoms with Gasteiger partial charge < -0.3 is 10.2 Å². The standard InChI is InChI=1S/C15H14O2/c16-14-9-6-12(7-10-14)8-11-15(17)13-4-2-1-3-5-13/h1-11,15-17H. The van der Waals surface area contributed by atoms with E-state index in [9.17, 15) is 5.11 Å². The Labute approximate surface area is 100 Å². The molecule has 0 aliphatic heterocycles. The average Bonchev–Trinajstić information content (AvgIpc) is 2.39. The van der Waals surface area contributed by atoms with Crippen LogP contribution in [-0.2, 0) is 0 Å². The number of benzene rings is 2. The predicted octanol–water partition coefficient (Wildman–Crippen LogP) is 3.14. The zero-order chi connectivity index (χ0) is 12.1. The quantitative estimate of drug-likeness (QED) is 0.844. The van der Waals surface area contributed by atoms with Crippen LogP contribution in [0.2, 0.25) is 0 Å². The molecule has 0 bridgehead atoms. The fourth-order valence-electron chi connectivity index (χ4n) is 1.55. The van der Waals surface area contributed by atoms with Gasteiger partial charge in [-0.15, -0.1) is 0 Å². The second kappa shape index (κ2) is 5.32. The van der Waals surface area contributed by atoms with Crippen molar-refractivity contribution < 1.29 is 10.2 Å². The van der Waals surface area contributed by atoms with Crippen molar-refractivity contribution in [3.8, 4) is 5.75 Å². The molecule has 2 aromatic carbocycles. The maximum atomic E-state index is 9.90. The summed E-state index contributed by atoms with van der Waals surface area (Å²) in [5, 5.41) is 19.0. The van der Waals surface area contributed by atoms with Crippen molar-refractivity contribution in [2.24, 2.45) is 0 Å². The van der Waals surface area contributed by atoms with E-state index in [-0.39, 0.29) is 5.75 Å². The molecule has 0 aliphatic carbocycles. The Morgan fingerprint density at radius 3 is 2.18 bits per heavy atom. The van der Waals surface area contributed by atoms with E-state index in [2.05, 4.69) is 0 Å². The Morgan fingerprint density at radius 1 is 0.882 bits per heavy atom. The van der Waals surface area contributed by atoms with Crippen molar-refractivity contribution >= 4 is 6.08 Å². The molecule has 0 saturated carbocycles. The lowest BCUT2D eigenvalue weighted by Crippen LogP contribution is -1.91. The first-order chi connectivity index (χ1) is 8.25. The maximum absolute atomic E-state index is 9.90. The highest BCUT2D eigenvalue weighted by Gasteiger charge is 2.00. The average molecular weight is 226 g/mol. The van der Waals surface area contributed by atoms with Crippen molar-refractivity contribution in [3.63, 3.8) is 0 Å². The first-order valence-electron chi connectivity index (χ1n) is 5.46. The van der Waals surface area contributed by atoms with Gasteiger partial charge in [-0.25, -0.2) is 0 Å². The third kappa shape index (κ3) is 3.20. The van der Waals surface area contributed by atoms with E-state index in [1.54, 1.807) is 30.3 Å². The summed E-state index contributed by atoms with van der Waals surface area (Å²) in [5.41, 5.74) is 1.81. The molecule has 0 radical (unpaired) electrons. The maximum Gasteiger partial charge on any atom is 0.115 e. The van der Waals surface area contributed by atoms with Crippen LogP contribution in [0.3, 0.4) is 0 Å². The number of hydrogen-bond donors (Lipinski definition) is 2. The van der Waals surface area contributed by atoms with Gasteiger partial charge in [-0.05, 0) is 23.3 Å². The number of aliphatic hydroxyl groups is 1. The number of aliphatic hydroxyl groups excluding tert-OH is 1. The molecule has 86 valence electrons. The van der Waals surface area contributed by atoms with E-state index >= 15 is 0 Å². The van der Waals surface area contributed by atoms with Gasteiger partial charge in [-0.3, -0.25) is 0 Å². The third-order valence-electron chi connectivity index (χ3n) is 2.51. The smallest absolute Gasteiger partial charge is 0.115 e. The van der Waals surface area contributed by atoms with E-state index in [1.165, 1.54) is 0 Å². The molecule has 1 unspecified atom stereocenters. The van der Waals surface area contributed by atoms with Gasteiger partial charge in [0.2, 0.25) is 0 Å². The molecule has 17 heavy (non-hydrogen) atoms. The number of phenols is 1. The molecule has 2 N–H and O–H groups in total. The number of aromatic hydroxyl groups is 1. The van der Waals surface area contributed by atoms with Gasteiger partial charge >= 0.3 is 0 Å². The summed E-state index contributed by atoms with van der Waals surface area (Å²) in [4.78, 5) is 0. The van der Waals surface area contributed by atoms with Crippen LogP contribution in [0.4, 0.5) is 0 Å². The molecule has 0 aliphatic rings. The summed E-state index contributed by atoms with van der Waals surface area (Å²) in [7, 11) is 0. The Morgan fingerprint density at radius 2 is 1.53 bits per heavy atom. The normalized spacial score (nSPS) is 12.8. The van der Waals surface area contributed by atoms with Gasteiger partial charge in [0.15, 0.2) is 0 Å². The van der Waals surface area contributed by atoms with E-state index < -0.39 is 6.10 Å². The van der Waals surface area contributed by atoms with Crippen molar-refractivity contribution in [3.05, 3.63) is 71.8 Å². The summed E-state index contributed by atoms with van der Waals surface area (Å²) in [6.07, 6.45) is 2.95. The lowest BCUT2D eigenvalue weighted by Gasteiger charge is -2.04. The minimum absolute atomic E-state index is 0.241. The summed E-state index contributed by atoms with van der Waals surface area (Å²) >= 11 is 0. The first kappa shape index (κ1) is 11.4. The summed E-state index contributed by atoms with van der Waals surface area (Å²) in [5.74, 6) is 0.241. The van der Waals surface area contributed by atoms with Crippen molar-refractivity contribution in [2.75, 3.05) is 0 Å². The Kier molecular flexibility index (Phi) is 3.58. The van der Waals surface area contributed by atoms with E-state index in [1.807, 2.05) is 36.4 Å². The molecule has 2 aromatic rings. The van der Waals surface area contributed by atoms with Crippen LogP contribution >= 0.6 is 0 Å². The Bertz CT molecular complexity index is 486. The Hall–Kier alpha value is -2.06. The van der Waals surface area contributed by atoms with Crippen LogP contribution in [0.15, 0.2) is 60.7 Å². The van der Waals surface area contributed by atoms with Crippen LogP contribution in [0.5, 0.6) is 5.75 Å². The van der Waals surface area contributed by atoms with Gasteiger partial charge in [0.1, 0.15) is 5.75 Å². The van der Waals surface area contributed by atoms with Crippen LogP contribution in [0, 0.1) is 0 Å². The lowest BCUT2D eigenvalue weighted by atomic mass is 10.1. The van der Waals surface area contributed by atoms with Crippen molar-refractivity contribution in [2.45, 2.75) is 6.10 Å². The van der Waals surface area contributed by atoms with Gasteiger partial charge in [0.05, 0.1) is 6.10 Å². The van der Waals surface area contributed by atoms with E-state index in [0.29, 0.717) is 0 Å². The van der Waals surface area contributed by atoms with Crippen LogP contribution in [0.25, 0.3) is 6.08 Å².